The SMILES string of the molecule is CCc1nc(N2CCCCCCC2)sc1CNCCOC. The maximum absolute atomic E-state index is 5.08. The fraction of sp³-hybridized carbons (Fsp3) is 0.812. The number of nitrogens with zero attached hydrogens (tertiary/aromatic N) is 2. The van der Waals surface area contributed by atoms with Crippen LogP contribution in [-0.4, -0.2) is 38.3 Å². The number of rotatable bonds is 7. The van der Waals surface area contributed by atoms with Crippen molar-refractivity contribution in [3.8, 4) is 0 Å². The van der Waals surface area contributed by atoms with Crippen LogP contribution in [0.25, 0.3) is 0 Å². The minimum atomic E-state index is 0.763. The summed E-state index contributed by atoms with van der Waals surface area (Å²) in [5, 5.41) is 4.68. The van der Waals surface area contributed by atoms with Gasteiger partial charge in [-0.2, -0.15) is 0 Å². The van der Waals surface area contributed by atoms with Crippen molar-refractivity contribution in [3.05, 3.63) is 10.6 Å². The fourth-order valence-corrected chi connectivity index (χ4v) is 3.90. The maximum atomic E-state index is 5.08. The van der Waals surface area contributed by atoms with Gasteiger partial charge in [0.15, 0.2) is 5.13 Å². The normalized spacial score (nSPS) is 16.8. The van der Waals surface area contributed by atoms with Gasteiger partial charge in [-0.1, -0.05) is 26.2 Å². The predicted molar refractivity (Wildman–Crippen MR) is 90.4 cm³/mol. The van der Waals surface area contributed by atoms with Gasteiger partial charge in [-0.25, -0.2) is 4.98 Å². The molecule has 0 atom stereocenters. The Morgan fingerprint density at radius 3 is 2.57 bits per heavy atom. The van der Waals surface area contributed by atoms with Crippen LogP contribution in [0.5, 0.6) is 0 Å². The summed E-state index contributed by atoms with van der Waals surface area (Å²) in [7, 11) is 1.74. The highest BCUT2D eigenvalue weighted by Gasteiger charge is 2.16. The first-order chi connectivity index (χ1) is 10.3. The van der Waals surface area contributed by atoms with Gasteiger partial charge in [0, 0.05) is 38.2 Å². The Kier molecular flexibility index (Phi) is 7.47. The Hall–Kier alpha value is -0.650. The molecule has 21 heavy (non-hydrogen) atoms. The van der Waals surface area contributed by atoms with E-state index in [2.05, 4.69) is 17.1 Å². The number of aromatic nitrogens is 1. The van der Waals surface area contributed by atoms with Crippen molar-refractivity contribution < 1.29 is 4.74 Å². The van der Waals surface area contributed by atoms with E-state index < -0.39 is 0 Å². The molecule has 1 aromatic rings. The lowest BCUT2D eigenvalue weighted by molar-refractivity contribution is 0.199. The lowest BCUT2D eigenvalue weighted by atomic mass is 10.1. The highest BCUT2D eigenvalue weighted by Crippen LogP contribution is 2.28. The monoisotopic (exact) mass is 311 g/mol. The zero-order valence-corrected chi connectivity index (χ0v) is 14.3. The molecular formula is C16H29N3OS. The van der Waals surface area contributed by atoms with E-state index in [1.54, 1.807) is 7.11 Å². The van der Waals surface area contributed by atoms with E-state index in [1.165, 1.54) is 60.9 Å². The van der Waals surface area contributed by atoms with E-state index >= 15 is 0 Å². The van der Waals surface area contributed by atoms with Crippen LogP contribution in [0.2, 0.25) is 0 Å². The summed E-state index contributed by atoms with van der Waals surface area (Å²) in [6.07, 6.45) is 7.78. The van der Waals surface area contributed by atoms with E-state index in [0.29, 0.717) is 0 Å². The van der Waals surface area contributed by atoms with Gasteiger partial charge >= 0.3 is 0 Å². The molecular weight excluding hydrogens is 282 g/mol. The Morgan fingerprint density at radius 2 is 1.90 bits per heavy atom. The summed E-state index contributed by atoms with van der Waals surface area (Å²) in [5.41, 5.74) is 1.27. The van der Waals surface area contributed by atoms with Crippen LogP contribution in [0.3, 0.4) is 0 Å². The van der Waals surface area contributed by atoms with E-state index in [0.717, 1.165) is 26.1 Å². The second-order valence-corrected chi connectivity index (χ2v) is 6.71. The van der Waals surface area contributed by atoms with E-state index in [4.69, 9.17) is 9.72 Å². The van der Waals surface area contributed by atoms with Gasteiger partial charge in [-0.3, -0.25) is 0 Å². The number of methoxy groups -OCH3 is 1. The number of thiazole rings is 1. The maximum Gasteiger partial charge on any atom is 0.185 e. The van der Waals surface area contributed by atoms with Gasteiger partial charge in [-0.15, -0.1) is 11.3 Å². The van der Waals surface area contributed by atoms with E-state index in [1.807, 2.05) is 11.3 Å². The number of hydrogen-bond donors (Lipinski definition) is 1. The van der Waals surface area contributed by atoms with Crippen LogP contribution in [0.1, 0.15) is 49.6 Å². The molecule has 1 aliphatic rings. The Labute approximate surface area is 132 Å². The van der Waals surface area contributed by atoms with Crippen molar-refractivity contribution in [2.24, 2.45) is 0 Å². The number of ether oxygens (including phenoxy) is 1. The first-order valence-electron chi connectivity index (χ1n) is 8.28. The number of anilines is 1. The third-order valence-corrected chi connectivity index (χ3v) is 5.16. The lowest BCUT2D eigenvalue weighted by Gasteiger charge is -2.23. The van der Waals surface area contributed by atoms with Gasteiger partial charge in [0.2, 0.25) is 0 Å². The molecule has 0 aromatic carbocycles. The van der Waals surface area contributed by atoms with Crippen molar-refractivity contribution in [1.82, 2.24) is 10.3 Å². The second-order valence-electron chi connectivity index (χ2n) is 5.64. The zero-order valence-electron chi connectivity index (χ0n) is 13.5. The van der Waals surface area contributed by atoms with Crippen LogP contribution in [-0.2, 0) is 17.7 Å². The highest BCUT2D eigenvalue weighted by molar-refractivity contribution is 7.15. The molecule has 0 aliphatic carbocycles. The van der Waals surface area contributed by atoms with Crippen LogP contribution in [0.15, 0.2) is 0 Å². The zero-order chi connectivity index (χ0) is 14.9. The van der Waals surface area contributed by atoms with Crippen molar-refractivity contribution in [2.45, 2.75) is 52.0 Å². The molecule has 0 spiro atoms. The van der Waals surface area contributed by atoms with Gasteiger partial charge in [0.1, 0.15) is 0 Å². The Balaban J connectivity index is 1.97. The first kappa shape index (κ1) is 16.7. The first-order valence-corrected chi connectivity index (χ1v) is 9.10. The molecule has 4 nitrogen and oxygen atoms in total. The summed E-state index contributed by atoms with van der Waals surface area (Å²) in [6, 6.07) is 0. The van der Waals surface area contributed by atoms with Crippen molar-refractivity contribution in [2.75, 3.05) is 38.3 Å². The summed E-state index contributed by atoms with van der Waals surface area (Å²) >= 11 is 1.88. The van der Waals surface area contributed by atoms with Crippen molar-refractivity contribution in [1.29, 1.82) is 0 Å². The van der Waals surface area contributed by atoms with Gasteiger partial charge in [0.25, 0.3) is 0 Å². The molecule has 1 N–H and O–H groups in total. The number of hydrogen-bond acceptors (Lipinski definition) is 5. The molecule has 2 heterocycles. The molecule has 5 heteroatoms. The van der Waals surface area contributed by atoms with Crippen molar-refractivity contribution in [3.63, 3.8) is 0 Å². The van der Waals surface area contributed by atoms with E-state index in [-0.39, 0.29) is 0 Å². The molecule has 1 aliphatic heterocycles. The van der Waals surface area contributed by atoms with Crippen LogP contribution in [0, 0.1) is 0 Å². The topological polar surface area (TPSA) is 37.4 Å². The van der Waals surface area contributed by atoms with Crippen LogP contribution < -0.4 is 10.2 Å². The highest BCUT2D eigenvalue weighted by atomic mass is 32.1. The molecule has 0 saturated carbocycles. The molecule has 0 amide bonds. The molecule has 2 rings (SSSR count). The molecule has 1 aromatic heterocycles. The quantitative estimate of drug-likeness (QED) is 0.785. The van der Waals surface area contributed by atoms with E-state index in [9.17, 15) is 0 Å². The lowest BCUT2D eigenvalue weighted by Crippen LogP contribution is -2.26. The molecule has 0 bridgehead atoms. The second kappa shape index (κ2) is 9.38. The Morgan fingerprint density at radius 1 is 1.19 bits per heavy atom. The summed E-state index contributed by atoms with van der Waals surface area (Å²) < 4.78 is 5.08. The van der Waals surface area contributed by atoms with Crippen molar-refractivity contribution >= 4 is 16.5 Å². The molecule has 0 unspecified atom stereocenters. The predicted octanol–water partition coefficient (Wildman–Crippen LogP) is 3.21. The smallest absolute Gasteiger partial charge is 0.185 e. The van der Waals surface area contributed by atoms with Gasteiger partial charge < -0.3 is 15.0 Å². The molecule has 0 radical (unpaired) electrons. The van der Waals surface area contributed by atoms with Crippen LogP contribution in [0.4, 0.5) is 5.13 Å². The summed E-state index contributed by atoms with van der Waals surface area (Å²) in [4.78, 5) is 8.79. The third-order valence-electron chi connectivity index (χ3n) is 4.00. The average Bonchev–Trinajstić information content (AvgIpc) is 2.86. The molecule has 1 saturated heterocycles. The fourth-order valence-electron chi connectivity index (χ4n) is 2.73. The number of aryl methyl sites for hydroxylation is 1. The van der Waals surface area contributed by atoms with Gasteiger partial charge in [0.05, 0.1) is 12.3 Å². The standard InChI is InChI=1S/C16H29N3OS/c1-3-14-15(13-17-9-12-20-2)21-16(18-14)19-10-7-5-4-6-8-11-19/h17H,3-13H2,1-2H3. The third kappa shape index (κ3) is 5.24. The largest absolute Gasteiger partial charge is 0.383 e. The van der Waals surface area contributed by atoms with Crippen LogP contribution >= 0.6 is 11.3 Å². The number of nitrogens with one attached hydrogen (secondary N) is 1. The molecule has 1 fully saturated rings. The summed E-state index contributed by atoms with van der Waals surface area (Å²) in [6.45, 7) is 7.12. The Bertz CT molecular complexity index is 400. The average molecular weight is 311 g/mol. The molecule has 120 valence electrons. The van der Waals surface area contributed by atoms with Gasteiger partial charge in [-0.05, 0) is 19.3 Å². The minimum Gasteiger partial charge on any atom is -0.383 e. The minimum absolute atomic E-state index is 0.763. The summed E-state index contributed by atoms with van der Waals surface area (Å²) in [5.74, 6) is 0.